The molecule has 34 heavy (non-hydrogen) atoms. The van der Waals surface area contributed by atoms with E-state index in [1.807, 2.05) is 36.4 Å². The van der Waals surface area contributed by atoms with Crippen molar-refractivity contribution in [3.8, 4) is 11.1 Å². The van der Waals surface area contributed by atoms with Gasteiger partial charge < -0.3 is 24.2 Å². The van der Waals surface area contributed by atoms with Crippen molar-refractivity contribution in [2.45, 2.75) is 57.3 Å². The minimum Gasteiger partial charge on any atom is -0.481 e. The monoisotopic (exact) mass is 467 g/mol. The number of fused-ring (bicyclic) bond motifs is 3. The van der Waals surface area contributed by atoms with E-state index in [1.54, 1.807) is 20.8 Å². The molecule has 1 fully saturated rings. The molecule has 0 unspecified atom stereocenters. The van der Waals surface area contributed by atoms with Gasteiger partial charge in [0.1, 0.15) is 18.3 Å². The third kappa shape index (κ3) is 5.16. The first-order valence-electron chi connectivity index (χ1n) is 11.4. The zero-order chi connectivity index (χ0) is 24.5. The number of likely N-dealkylation sites (tertiary alicyclic amines) is 1. The zero-order valence-electron chi connectivity index (χ0n) is 19.5. The number of ether oxygens (including phenoxy) is 3. The fourth-order valence-electron chi connectivity index (χ4n) is 4.66. The van der Waals surface area contributed by atoms with E-state index in [9.17, 15) is 19.5 Å². The van der Waals surface area contributed by atoms with Crippen molar-refractivity contribution < 1.29 is 33.7 Å². The second-order valence-electron chi connectivity index (χ2n) is 9.65. The maximum atomic E-state index is 13.0. The van der Waals surface area contributed by atoms with Crippen LogP contribution in [0.4, 0.5) is 9.59 Å². The summed E-state index contributed by atoms with van der Waals surface area (Å²) in [4.78, 5) is 37.8. The van der Waals surface area contributed by atoms with E-state index in [-0.39, 0.29) is 31.9 Å². The second-order valence-corrected chi connectivity index (χ2v) is 9.65. The van der Waals surface area contributed by atoms with Gasteiger partial charge in [0.25, 0.3) is 0 Å². The van der Waals surface area contributed by atoms with E-state index in [4.69, 9.17) is 14.2 Å². The lowest BCUT2D eigenvalue weighted by Gasteiger charge is -2.24. The van der Waals surface area contributed by atoms with Crippen LogP contribution in [0.3, 0.4) is 0 Å². The second kappa shape index (κ2) is 9.37. The summed E-state index contributed by atoms with van der Waals surface area (Å²) in [5, 5.41) is 9.30. The molecule has 1 heterocycles. The Bertz CT molecular complexity index is 1050. The van der Waals surface area contributed by atoms with Crippen molar-refractivity contribution in [3.05, 3.63) is 59.7 Å². The number of carboxylic acids is 1. The van der Waals surface area contributed by atoms with Crippen molar-refractivity contribution in [2.24, 2.45) is 0 Å². The molecule has 1 N–H and O–H groups in total. The Morgan fingerprint density at radius 3 is 2.15 bits per heavy atom. The zero-order valence-corrected chi connectivity index (χ0v) is 19.5. The molecule has 8 heteroatoms. The quantitative estimate of drug-likeness (QED) is 0.630. The number of benzene rings is 2. The van der Waals surface area contributed by atoms with Gasteiger partial charge in [-0.15, -0.1) is 0 Å². The highest BCUT2D eigenvalue weighted by atomic mass is 16.7. The highest BCUT2D eigenvalue weighted by Gasteiger charge is 2.40. The van der Waals surface area contributed by atoms with Crippen LogP contribution in [-0.2, 0) is 19.0 Å². The molecule has 8 nitrogen and oxygen atoms in total. The minimum atomic E-state index is -1.04. The summed E-state index contributed by atoms with van der Waals surface area (Å²) in [6, 6.07) is 15.4. The molecule has 2 aliphatic rings. The highest BCUT2D eigenvalue weighted by molar-refractivity contribution is 5.79. The summed E-state index contributed by atoms with van der Waals surface area (Å²) in [5.41, 5.74) is 3.70. The molecule has 0 spiro atoms. The summed E-state index contributed by atoms with van der Waals surface area (Å²) < 4.78 is 16.2. The molecule has 2 aromatic carbocycles. The lowest BCUT2D eigenvalue weighted by atomic mass is 9.98. The molecule has 2 aromatic rings. The average molecular weight is 468 g/mol. The first kappa shape index (κ1) is 23.6. The molecule has 2 atom stereocenters. The number of hydrogen-bond donors (Lipinski definition) is 1. The molecule has 4 rings (SSSR count). The van der Waals surface area contributed by atoms with Crippen molar-refractivity contribution in [1.29, 1.82) is 0 Å². The van der Waals surface area contributed by atoms with Crippen LogP contribution in [0.15, 0.2) is 48.5 Å². The first-order valence-corrected chi connectivity index (χ1v) is 11.4. The van der Waals surface area contributed by atoms with Gasteiger partial charge in [0.05, 0.1) is 13.0 Å². The van der Waals surface area contributed by atoms with Gasteiger partial charge in [0, 0.05) is 18.4 Å². The summed E-state index contributed by atoms with van der Waals surface area (Å²) >= 11 is 0. The molecule has 1 aliphatic carbocycles. The van der Waals surface area contributed by atoms with Crippen LogP contribution in [0.1, 0.15) is 50.7 Å². The predicted octanol–water partition coefficient (Wildman–Crippen LogP) is 4.80. The molecule has 1 saturated heterocycles. The van der Waals surface area contributed by atoms with Gasteiger partial charge >= 0.3 is 18.2 Å². The Labute approximate surface area is 198 Å². The Hall–Kier alpha value is -3.55. The smallest absolute Gasteiger partial charge is 0.481 e. The molecule has 0 aromatic heterocycles. The lowest BCUT2D eigenvalue weighted by molar-refractivity contribution is -0.138. The standard InChI is InChI=1S/C26H29NO7/c1-26(2,3)34-25(31)33-17-12-16(13-23(28)29)27(14-17)24(30)32-15-22-20-10-6-4-8-18(20)19-9-5-7-11-21(19)22/h4-11,16-17,22H,12-15H2,1-3H3,(H,28,29)/t16-,17+/m0/s1. The van der Waals surface area contributed by atoms with Crippen LogP contribution in [0, 0.1) is 0 Å². The van der Waals surface area contributed by atoms with Crippen LogP contribution in [0.5, 0.6) is 0 Å². The summed E-state index contributed by atoms with van der Waals surface area (Å²) in [6.07, 6.45) is -2.20. The number of hydrogen-bond acceptors (Lipinski definition) is 6. The highest BCUT2D eigenvalue weighted by Crippen LogP contribution is 2.44. The Kier molecular flexibility index (Phi) is 6.50. The molecule has 1 amide bonds. The molecular weight excluding hydrogens is 438 g/mol. The predicted molar refractivity (Wildman–Crippen MR) is 124 cm³/mol. The number of rotatable bonds is 5. The number of carbonyl (C=O) groups is 3. The van der Waals surface area contributed by atoms with Crippen molar-refractivity contribution >= 4 is 18.2 Å². The maximum Gasteiger partial charge on any atom is 0.509 e. The maximum absolute atomic E-state index is 13.0. The molecule has 0 bridgehead atoms. The van der Waals surface area contributed by atoms with Crippen molar-refractivity contribution in [3.63, 3.8) is 0 Å². The van der Waals surface area contributed by atoms with E-state index in [0.717, 1.165) is 22.3 Å². The van der Waals surface area contributed by atoms with Crippen LogP contribution in [0.2, 0.25) is 0 Å². The van der Waals surface area contributed by atoms with E-state index in [2.05, 4.69) is 12.1 Å². The third-order valence-corrected chi connectivity index (χ3v) is 6.01. The Morgan fingerprint density at radius 2 is 1.59 bits per heavy atom. The SMILES string of the molecule is CC(C)(C)OC(=O)O[C@@H]1C[C@@H](CC(=O)O)N(C(=O)OCC2c3ccccc3-c3ccccc32)C1. The summed E-state index contributed by atoms with van der Waals surface area (Å²) in [7, 11) is 0. The van der Waals surface area contributed by atoms with Crippen LogP contribution < -0.4 is 0 Å². The number of aliphatic carboxylic acids is 1. The van der Waals surface area contributed by atoms with E-state index in [1.165, 1.54) is 4.90 Å². The number of amides is 1. The topological polar surface area (TPSA) is 102 Å². The van der Waals surface area contributed by atoms with Gasteiger partial charge in [-0.1, -0.05) is 48.5 Å². The normalized spacial score (nSPS) is 19.3. The number of nitrogens with zero attached hydrogens (tertiary/aromatic N) is 1. The van der Waals surface area contributed by atoms with Gasteiger partial charge in [0.15, 0.2) is 0 Å². The lowest BCUT2D eigenvalue weighted by Crippen LogP contribution is -2.38. The van der Waals surface area contributed by atoms with Crippen molar-refractivity contribution in [1.82, 2.24) is 4.90 Å². The molecule has 0 radical (unpaired) electrons. The fourth-order valence-corrected chi connectivity index (χ4v) is 4.66. The minimum absolute atomic E-state index is 0.0495. The summed E-state index contributed by atoms with van der Waals surface area (Å²) in [6.45, 7) is 5.34. The number of carboxylic acid groups (broad SMARTS) is 1. The van der Waals surface area contributed by atoms with Gasteiger partial charge in [-0.05, 0) is 43.0 Å². The first-order chi connectivity index (χ1) is 16.1. The molecule has 0 saturated carbocycles. The molecule has 1 aliphatic heterocycles. The Balaban J connectivity index is 1.44. The third-order valence-electron chi connectivity index (χ3n) is 6.01. The Morgan fingerprint density at radius 1 is 1.00 bits per heavy atom. The van der Waals surface area contributed by atoms with Gasteiger partial charge in [-0.2, -0.15) is 0 Å². The van der Waals surface area contributed by atoms with Crippen LogP contribution >= 0.6 is 0 Å². The van der Waals surface area contributed by atoms with E-state index in [0.29, 0.717) is 0 Å². The van der Waals surface area contributed by atoms with Gasteiger partial charge in [0.2, 0.25) is 0 Å². The van der Waals surface area contributed by atoms with Crippen LogP contribution in [0.25, 0.3) is 11.1 Å². The summed E-state index contributed by atoms with van der Waals surface area (Å²) in [5.74, 6) is -1.15. The van der Waals surface area contributed by atoms with Crippen molar-refractivity contribution in [2.75, 3.05) is 13.2 Å². The molecule has 180 valence electrons. The van der Waals surface area contributed by atoms with Gasteiger partial charge in [-0.25, -0.2) is 9.59 Å². The van der Waals surface area contributed by atoms with E-state index < -0.39 is 36.0 Å². The largest absolute Gasteiger partial charge is 0.509 e. The molecular formula is C26H29NO7. The van der Waals surface area contributed by atoms with E-state index >= 15 is 0 Å². The van der Waals surface area contributed by atoms with Crippen LogP contribution in [-0.4, -0.2) is 59.1 Å². The number of carbonyl (C=O) groups excluding carboxylic acids is 2. The average Bonchev–Trinajstić information content (AvgIpc) is 3.29. The fraction of sp³-hybridized carbons (Fsp3) is 0.423. The van der Waals surface area contributed by atoms with Gasteiger partial charge in [-0.3, -0.25) is 4.79 Å².